The SMILES string of the molecule is CCCCC(CCCCCc1ccccc1)CNc1ccc(Br)cc1. The molecule has 0 heterocycles. The highest BCUT2D eigenvalue weighted by Crippen LogP contribution is 2.20. The third-order valence-electron chi connectivity index (χ3n) is 4.83. The molecular formula is C23H32BrN. The van der Waals surface area contributed by atoms with E-state index >= 15 is 0 Å². The predicted molar refractivity (Wildman–Crippen MR) is 114 cm³/mol. The maximum Gasteiger partial charge on any atom is 0.0341 e. The van der Waals surface area contributed by atoms with E-state index in [2.05, 4.69) is 82.8 Å². The molecule has 0 aliphatic carbocycles. The van der Waals surface area contributed by atoms with Gasteiger partial charge in [-0.25, -0.2) is 0 Å². The summed E-state index contributed by atoms with van der Waals surface area (Å²) in [5.41, 5.74) is 2.70. The van der Waals surface area contributed by atoms with Crippen molar-refractivity contribution in [2.45, 2.75) is 58.3 Å². The van der Waals surface area contributed by atoms with Crippen molar-refractivity contribution in [3.63, 3.8) is 0 Å². The lowest BCUT2D eigenvalue weighted by Crippen LogP contribution is -2.14. The molecule has 1 nitrogen and oxygen atoms in total. The van der Waals surface area contributed by atoms with Crippen LogP contribution in [0, 0.1) is 5.92 Å². The van der Waals surface area contributed by atoms with Crippen molar-refractivity contribution < 1.29 is 0 Å². The fraction of sp³-hybridized carbons (Fsp3) is 0.478. The Morgan fingerprint density at radius 1 is 0.840 bits per heavy atom. The van der Waals surface area contributed by atoms with Crippen LogP contribution in [-0.2, 0) is 6.42 Å². The lowest BCUT2D eigenvalue weighted by molar-refractivity contribution is 0.430. The van der Waals surface area contributed by atoms with Crippen LogP contribution in [0.4, 0.5) is 5.69 Å². The highest BCUT2D eigenvalue weighted by molar-refractivity contribution is 9.10. The molecule has 0 saturated carbocycles. The number of halogens is 1. The van der Waals surface area contributed by atoms with Crippen LogP contribution in [0.15, 0.2) is 59.1 Å². The first-order valence-electron chi connectivity index (χ1n) is 9.81. The molecule has 25 heavy (non-hydrogen) atoms. The number of hydrogen-bond donors (Lipinski definition) is 1. The zero-order chi connectivity index (χ0) is 17.7. The van der Waals surface area contributed by atoms with E-state index in [1.165, 1.54) is 62.6 Å². The molecule has 0 amide bonds. The summed E-state index contributed by atoms with van der Waals surface area (Å²) >= 11 is 3.50. The molecule has 2 rings (SSSR count). The number of anilines is 1. The maximum atomic E-state index is 3.63. The van der Waals surface area contributed by atoms with Gasteiger partial charge in [0.2, 0.25) is 0 Å². The van der Waals surface area contributed by atoms with Gasteiger partial charge in [0.15, 0.2) is 0 Å². The molecule has 0 bridgehead atoms. The van der Waals surface area contributed by atoms with Gasteiger partial charge in [0.1, 0.15) is 0 Å². The van der Waals surface area contributed by atoms with E-state index in [0.29, 0.717) is 0 Å². The van der Waals surface area contributed by atoms with Crippen LogP contribution in [0.3, 0.4) is 0 Å². The highest BCUT2D eigenvalue weighted by Gasteiger charge is 2.08. The van der Waals surface area contributed by atoms with Gasteiger partial charge in [0.05, 0.1) is 0 Å². The van der Waals surface area contributed by atoms with Crippen molar-refractivity contribution in [1.82, 2.24) is 0 Å². The number of aryl methyl sites for hydroxylation is 1. The Kier molecular flexibility index (Phi) is 9.73. The van der Waals surface area contributed by atoms with Crippen LogP contribution < -0.4 is 5.32 Å². The topological polar surface area (TPSA) is 12.0 Å². The van der Waals surface area contributed by atoms with Gasteiger partial charge in [-0.1, -0.05) is 78.9 Å². The van der Waals surface area contributed by atoms with Crippen LogP contribution in [0.1, 0.15) is 57.4 Å². The molecule has 1 unspecified atom stereocenters. The van der Waals surface area contributed by atoms with Gasteiger partial charge >= 0.3 is 0 Å². The second-order valence-corrected chi connectivity index (χ2v) is 7.90. The van der Waals surface area contributed by atoms with Gasteiger partial charge in [-0.3, -0.25) is 0 Å². The normalized spacial score (nSPS) is 12.1. The minimum Gasteiger partial charge on any atom is -0.385 e. The summed E-state index contributed by atoms with van der Waals surface area (Å²) < 4.78 is 1.14. The number of rotatable bonds is 12. The summed E-state index contributed by atoms with van der Waals surface area (Å²) in [5.74, 6) is 0.792. The molecule has 1 N–H and O–H groups in total. The van der Waals surface area contributed by atoms with Crippen LogP contribution in [0.2, 0.25) is 0 Å². The average Bonchev–Trinajstić information content (AvgIpc) is 2.65. The molecule has 2 aromatic rings. The Labute approximate surface area is 162 Å². The highest BCUT2D eigenvalue weighted by atomic mass is 79.9. The van der Waals surface area contributed by atoms with E-state index in [1.54, 1.807) is 0 Å². The van der Waals surface area contributed by atoms with Crippen molar-refractivity contribution >= 4 is 21.6 Å². The zero-order valence-corrected chi connectivity index (χ0v) is 17.1. The maximum absolute atomic E-state index is 3.63. The molecule has 0 aliphatic heterocycles. The molecule has 2 heteroatoms. The molecule has 1 atom stereocenters. The van der Waals surface area contributed by atoms with Crippen LogP contribution in [0.5, 0.6) is 0 Å². The fourth-order valence-electron chi connectivity index (χ4n) is 3.25. The summed E-state index contributed by atoms with van der Waals surface area (Å²) in [6.07, 6.45) is 10.6. The standard InChI is InChI=1S/C23H32BrN/c1-2-3-10-21(19-25-23-17-15-22(24)16-18-23)14-9-5-8-13-20-11-6-4-7-12-20/h4,6-7,11-12,15-18,21,25H,2-3,5,8-10,13-14,19H2,1H3. The van der Waals surface area contributed by atoms with Gasteiger partial charge in [-0.05, 0) is 61.4 Å². The van der Waals surface area contributed by atoms with Gasteiger partial charge in [0, 0.05) is 16.7 Å². The van der Waals surface area contributed by atoms with Crippen molar-refractivity contribution in [3.8, 4) is 0 Å². The second kappa shape index (κ2) is 12.1. The molecule has 0 radical (unpaired) electrons. The summed E-state index contributed by atoms with van der Waals surface area (Å²) in [5, 5.41) is 3.63. The molecular weight excluding hydrogens is 370 g/mol. The van der Waals surface area contributed by atoms with Gasteiger partial charge < -0.3 is 5.32 Å². The third-order valence-corrected chi connectivity index (χ3v) is 5.35. The Hall–Kier alpha value is -1.28. The van der Waals surface area contributed by atoms with Crippen molar-refractivity contribution in [2.75, 3.05) is 11.9 Å². The van der Waals surface area contributed by atoms with Crippen molar-refractivity contribution in [2.24, 2.45) is 5.92 Å². The first kappa shape index (κ1) is 20.0. The second-order valence-electron chi connectivity index (χ2n) is 6.98. The predicted octanol–water partition coefficient (Wildman–Crippen LogP) is 7.47. The van der Waals surface area contributed by atoms with E-state index in [1.807, 2.05) is 0 Å². The first-order chi connectivity index (χ1) is 12.3. The molecule has 0 fully saturated rings. The molecule has 2 aromatic carbocycles. The average molecular weight is 402 g/mol. The largest absolute Gasteiger partial charge is 0.385 e. The number of benzene rings is 2. The molecule has 0 spiro atoms. The Balaban J connectivity index is 1.66. The van der Waals surface area contributed by atoms with Gasteiger partial charge in [-0.15, -0.1) is 0 Å². The Morgan fingerprint density at radius 2 is 1.56 bits per heavy atom. The molecule has 0 aliphatic rings. The summed E-state index contributed by atoms with van der Waals surface area (Å²) in [7, 11) is 0. The smallest absolute Gasteiger partial charge is 0.0341 e. The Bertz CT molecular complexity index is 564. The minimum absolute atomic E-state index is 0.792. The van der Waals surface area contributed by atoms with E-state index in [-0.39, 0.29) is 0 Å². The summed E-state index contributed by atoms with van der Waals surface area (Å²) in [6, 6.07) is 19.4. The lowest BCUT2D eigenvalue weighted by Gasteiger charge is -2.18. The van der Waals surface area contributed by atoms with Crippen LogP contribution in [0.25, 0.3) is 0 Å². The summed E-state index contributed by atoms with van der Waals surface area (Å²) in [6.45, 7) is 3.39. The Morgan fingerprint density at radius 3 is 2.28 bits per heavy atom. The molecule has 0 aromatic heterocycles. The zero-order valence-electron chi connectivity index (χ0n) is 15.5. The van der Waals surface area contributed by atoms with Crippen LogP contribution in [-0.4, -0.2) is 6.54 Å². The molecule has 0 saturated heterocycles. The first-order valence-corrected chi connectivity index (χ1v) is 10.6. The van der Waals surface area contributed by atoms with Gasteiger partial charge in [-0.2, -0.15) is 0 Å². The number of nitrogens with one attached hydrogen (secondary N) is 1. The third kappa shape index (κ3) is 8.58. The quantitative estimate of drug-likeness (QED) is 0.363. The number of hydrogen-bond acceptors (Lipinski definition) is 1. The minimum atomic E-state index is 0.792. The lowest BCUT2D eigenvalue weighted by atomic mass is 9.94. The monoisotopic (exact) mass is 401 g/mol. The van der Waals surface area contributed by atoms with E-state index in [0.717, 1.165) is 16.9 Å². The van der Waals surface area contributed by atoms with Gasteiger partial charge in [0.25, 0.3) is 0 Å². The number of unbranched alkanes of at least 4 members (excludes halogenated alkanes) is 3. The molecule has 136 valence electrons. The van der Waals surface area contributed by atoms with E-state index < -0.39 is 0 Å². The van der Waals surface area contributed by atoms with Crippen molar-refractivity contribution in [1.29, 1.82) is 0 Å². The van der Waals surface area contributed by atoms with Crippen molar-refractivity contribution in [3.05, 3.63) is 64.6 Å². The fourth-order valence-corrected chi connectivity index (χ4v) is 3.52. The van der Waals surface area contributed by atoms with Crippen LogP contribution >= 0.6 is 15.9 Å². The van der Waals surface area contributed by atoms with E-state index in [4.69, 9.17) is 0 Å². The van der Waals surface area contributed by atoms with E-state index in [9.17, 15) is 0 Å². The summed E-state index contributed by atoms with van der Waals surface area (Å²) in [4.78, 5) is 0.